The molecule has 122 valence electrons. The summed E-state index contributed by atoms with van der Waals surface area (Å²) in [6.45, 7) is 2.84. The Kier molecular flexibility index (Phi) is 6.34. The van der Waals surface area contributed by atoms with Gasteiger partial charge >= 0.3 is 6.08 Å². The van der Waals surface area contributed by atoms with Crippen LogP contribution in [0.15, 0.2) is 36.2 Å². The van der Waals surface area contributed by atoms with Crippen LogP contribution in [0.5, 0.6) is 5.75 Å². The van der Waals surface area contributed by atoms with Crippen molar-refractivity contribution in [2.24, 2.45) is 5.92 Å². The Morgan fingerprint density at radius 2 is 1.68 bits per heavy atom. The van der Waals surface area contributed by atoms with Crippen LogP contribution in [0.25, 0.3) is 0 Å². The molecule has 0 unspecified atom stereocenters. The average Bonchev–Trinajstić information content (AvgIpc) is 2.55. The first kappa shape index (κ1) is 16.9. The number of halogens is 3. The Morgan fingerprint density at radius 3 is 2.23 bits per heavy atom. The molecule has 1 aromatic rings. The highest BCUT2D eigenvalue weighted by Crippen LogP contribution is 2.40. The first-order valence-electron chi connectivity index (χ1n) is 8.05. The van der Waals surface area contributed by atoms with Crippen LogP contribution in [-0.2, 0) is 0 Å². The normalized spacial score (nSPS) is 21.5. The number of ether oxygens (including phenoxy) is 1. The van der Waals surface area contributed by atoms with Gasteiger partial charge in [-0.05, 0) is 55.7 Å². The lowest BCUT2D eigenvalue weighted by molar-refractivity contribution is 0.281. The molecule has 1 nitrogen and oxygen atoms in total. The van der Waals surface area contributed by atoms with Gasteiger partial charge in [-0.1, -0.05) is 25.5 Å². The fraction of sp³-hybridized carbons (Fsp3) is 0.556. The molecule has 0 spiro atoms. The van der Waals surface area contributed by atoms with Crippen LogP contribution >= 0.6 is 0 Å². The van der Waals surface area contributed by atoms with Gasteiger partial charge in [0.2, 0.25) is 0 Å². The Hall–Kier alpha value is -1.45. The summed E-state index contributed by atoms with van der Waals surface area (Å²) in [7, 11) is 0. The molecule has 0 radical (unpaired) electrons. The lowest BCUT2D eigenvalue weighted by Gasteiger charge is -2.27. The van der Waals surface area contributed by atoms with Gasteiger partial charge in [0.25, 0.3) is 0 Å². The summed E-state index contributed by atoms with van der Waals surface area (Å²) in [5, 5.41) is 0. The molecule has 1 fully saturated rings. The second-order valence-electron chi connectivity index (χ2n) is 5.93. The summed E-state index contributed by atoms with van der Waals surface area (Å²) in [6, 6.07) is 7.99. The monoisotopic (exact) mass is 312 g/mol. The second-order valence-corrected chi connectivity index (χ2v) is 5.93. The lowest BCUT2D eigenvalue weighted by atomic mass is 9.78. The van der Waals surface area contributed by atoms with Crippen LogP contribution in [0, 0.1) is 5.92 Å². The van der Waals surface area contributed by atoms with Gasteiger partial charge in [0, 0.05) is 5.92 Å². The molecule has 1 aromatic carbocycles. The quantitative estimate of drug-likeness (QED) is 0.567. The summed E-state index contributed by atoms with van der Waals surface area (Å²) in [5.74, 6) is -0.619. The van der Waals surface area contributed by atoms with Gasteiger partial charge in [0.05, 0.1) is 6.61 Å². The third-order valence-corrected chi connectivity index (χ3v) is 4.38. The maximum absolute atomic E-state index is 13.3. The van der Waals surface area contributed by atoms with Crippen molar-refractivity contribution in [3.63, 3.8) is 0 Å². The third kappa shape index (κ3) is 4.52. The van der Waals surface area contributed by atoms with E-state index in [2.05, 4.69) is 6.92 Å². The van der Waals surface area contributed by atoms with Crippen molar-refractivity contribution in [2.75, 3.05) is 6.61 Å². The summed E-state index contributed by atoms with van der Waals surface area (Å²) in [5.41, 5.74) is 1.19. The molecular formula is C18H23F3O. The van der Waals surface area contributed by atoms with Crippen molar-refractivity contribution in [1.82, 2.24) is 0 Å². The molecule has 4 heteroatoms. The molecule has 0 amide bonds. The number of benzene rings is 1. The first-order chi connectivity index (χ1) is 10.6. The molecule has 0 saturated heterocycles. The summed E-state index contributed by atoms with van der Waals surface area (Å²) >= 11 is 0. The molecular weight excluding hydrogens is 289 g/mol. The summed E-state index contributed by atoms with van der Waals surface area (Å²) in [4.78, 5) is 0. The van der Waals surface area contributed by atoms with E-state index >= 15 is 0 Å². The maximum Gasteiger partial charge on any atom is 0.301 e. The van der Waals surface area contributed by atoms with Gasteiger partial charge in [-0.25, -0.2) is 4.39 Å². The fourth-order valence-corrected chi connectivity index (χ4v) is 3.01. The SMILES string of the molecule is CCCCOc1ccc(C2CCC(C(F)=C(F)F)CC2)cc1. The molecule has 1 aliphatic rings. The number of allylic oxidation sites excluding steroid dienone is 1. The number of unbranched alkanes of at least 4 members (excludes halogenated alkanes) is 1. The molecule has 2 rings (SSSR count). The molecule has 1 aliphatic carbocycles. The van der Waals surface area contributed by atoms with Crippen LogP contribution in [0.4, 0.5) is 13.2 Å². The van der Waals surface area contributed by atoms with Crippen LogP contribution in [0.2, 0.25) is 0 Å². The van der Waals surface area contributed by atoms with Crippen molar-refractivity contribution in [3.05, 3.63) is 41.7 Å². The lowest BCUT2D eigenvalue weighted by Crippen LogP contribution is -2.14. The Bertz CT molecular complexity index is 484. The first-order valence-corrected chi connectivity index (χ1v) is 8.05. The minimum absolute atomic E-state index is 0.330. The number of hydrogen-bond donors (Lipinski definition) is 0. The zero-order valence-corrected chi connectivity index (χ0v) is 13.0. The van der Waals surface area contributed by atoms with E-state index < -0.39 is 17.8 Å². The minimum Gasteiger partial charge on any atom is -0.494 e. The molecule has 0 aliphatic heterocycles. The van der Waals surface area contributed by atoms with Crippen LogP contribution < -0.4 is 4.74 Å². The van der Waals surface area contributed by atoms with Gasteiger partial charge < -0.3 is 4.74 Å². The molecule has 0 N–H and O–H groups in total. The molecule has 0 heterocycles. The van der Waals surface area contributed by atoms with E-state index in [9.17, 15) is 13.2 Å². The summed E-state index contributed by atoms with van der Waals surface area (Å²) < 4.78 is 43.5. The van der Waals surface area contributed by atoms with Crippen molar-refractivity contribution in [2.45, 2.75) is 51.4 Å². The highest BCUT2D eigenvalue weighted by molar-refractivity contribution is 5.29. The molecule has 22 heavy (non-hydrogen) atoms. The van der Waals surface area contributed by atoms with Gasteiger partial charge in [0.1, 0.15) is 5.75 Å². The summed E-state index contributed by atoms with van der Waals surface area (Å²) in [6.07, 6.45) is 2.47. The topological polar surface area (TPSA) is 9.23 Å². The zero-order chi connectivity index (χ0) is 15.9. The number of rotatable bonds is 6. The predicted octanol–water partition coefficient (Wildman–Crippen LogP) is 6.22. The standard InChI is InChI=1S/C18H23F3O/c1-2-3-12-22-16-10-8-14(9-11-16)13-4-6-15(7-5-13)17(19)18(20)21/h8-11,13,15H,2-7,12H2,1H3. The second kappa shape index (κ2) is 8.25. The van der Waals surface area contributed by atoms with Crippen molar-refractivity contribution < 1.29 is 17.9 Å². The highest BCUT2D eigenvalue weighted by atomic mass is 19.3. The Labute approximate surface area is 130 Å². The zero-order valence-electron chi connectivity index (χ0n) is 13.0. The largest absolute Gasteiger partial charge is 0.494 e. The smallest absolute Gasteiger partial charge is 0.301 e. The van der Waals surface area contributed by atoms with Crippen molar-refractivity contribution in [3.8, 4) is 5.75 Å². The van der Waals surface area contributed by atoms with E-state index in [0.29, 0.717) is 18.8 Å². The third-order valence-electron chi connectivity index (χ3n) is 4.38. The van der Waals surface area contributed by atoms with Crippen molar-refractivity contribution >= 4 is 0 Å². The van der Waals surface area contributed by atoms with Crippen LogP contribution in [0.1, 0.15) is 56.9 Å². The molecule has 1 saturated carbocycles. The molecule has 0 aromatic heterocycles. The van der Waals surface area contributed by atoms with E-state index in [1.165, 1.54) is 5.56 Å². The van der Waals surface area contributed by atoms with Gasteiger partial charge in [-0.3, -0.25) is 0 Å². The average molecular weight is 312 g/mol. The predicted molar refractivity (Wildman–Crippen MR) is 81.9 cm³/mol. The van der Waals surface area contributed by atoms with Crippen LogP contribution in [-0.4, -0.2) is 6.61 Å². The van der Waals surface area contributed by atoms with Gasteiger partial charge in [-0.2, -0.15) is 8.78 Å². The van der Waals surface area contributed by atoms with Gasteiger partial charge in [-0.15, -0.1) is 0 Å². The van der Waals surface area contributed by atoms with E-state index in [1.807, 2.05) is 24.3 Å². The van der Waals surface area contributed by atoms with E-state index in [4.69, 9.17) is 4.74 Å². The highest BCUT2D eigenvalue weighted by Gasteiger charge is 2.27. The van der Waals surface area contributed by atoms with E-state index in [0.717, 1.165) is 38.0 Å². The Balaban J connectivity index is 1.87. The van der Waals surface area contributed by atoms with E-state index in [-0.39, 0.29) is 0 Å². The molecule has 0 bridgehead atoms. The number of hydrogen-bond acceptors (Lipinski definition) is 1. The van der Waals surface area contributed by atoms with Gasteiger partial charge in [0.15, 0.2) is 5.83 Å². The van der Waals surface area contributed by atoms with Crippen molar-refractivity contribution in [1.29, 1.82) is 0 Å². The molecule has 0 atom stereocenters. The van der Waals surface area contributed by atoms with Crippen LogP contribution in [0.3, 0.4) is 0 Å². The van der Waals surface area contributed by atoms with E-state index in [1.54, 1.807) is 0 Å². The maximum atomic E-state index is 13.3. The fourth-order valence-electron chi connectivity index (χ4n) is 3.01. The minimum atomic E-state index is -2.16. The Morgan fingerprint density at radius 1 is 1.05 bits per heavy atom.